The van der Waals surface area contributed by atoms with Crippen LogP contribution in [-0.2, 0) is 4.79 Å². The quantitative estimate of drug-likeness (QED) is 0.456. The first kappa shape index (κ1) is 19.0. The van der Waals surface area contributed by atoms with Gasteiger partial charge >= 0.3 is 5.97 Å². The number of rotatable bonds is 3. The highest BCUT2D eigenvalue weighted by Crippen LogP contribution is 2.40. The Bertz CT molecular complexity index is 1280. The van der Waals surface area contributed by atoms with Crippen molar-refractivity contribution < 1.29 is 9.90 Å². The number of aliphatic carboxylic acids is 1. The van der Waals surface area contributed by atoms with E-state index in [-0.39, 0.29) is 11.8 Å². The number of nitrogens with zero attached hydrogens (tertiary/aromatic N) is 4. The highest BCUT2D eigenvalue weighted by Gasteiger charge is 2.30. The van der Waals surface area contributed by atoms with E-state index in [0.29, 0.717) is 24.3 Å². The Labute approximate surface area is 181 Å². The Morgan fingerprint density at radius 3 is 2.77 bits per heavy atom. The molecule has 0 atom stereocenters. The number of hydrogen-bond donors (Lipinski definition) is 2. The smallest absolute Gasteiger partial charge is 0.306 e. The summed E-state index contributed by atoms with van der Waals surface area (Å²) in [6.07, 6.45) is 6.44. The zero-order valence-electron chi connectivity index (χ0n) is 16.1. The largest absolute Gasteiger partial charge is 0.481 e. The van der Waals surface area contributed by atoms with Crippen molar-refractivity contribution in [1.29, 1.82) is 0 Å². The van der Waals surface area contributed by atoms with Crippen LogP contribution in [0.25, 0.3) is 27.7 Å². The number of fused-ring (bicyclic) bond motifs is 2. The molecule has 1 aromatic carbocycles. The molecule has 0 amide bonds. The van der Waals surface area contributed by atoms with Gasteiger partial charge in [-0.15, -0.1) is 0 Å². The lowest BCUT2D eigenvalue weighted by molar-refractivity contribution is -0.142. The first-order chi connectivity index (χ1) is 14.5. The molecule has 1 aliphatic rings. The SMILES string of the molecule is Nc1c(Br)c(C2CCC(C(=O)O)CC2)nc2c(-c3ccc4ncccc4c3)cnn12. The van der Waals surface area contributed by atoms with Gasteiger partial charge in [-0.25, -0.2) is 4.98 Å². The third-order valence-electron chi connectivity index (χ3n) is 6.03. The Balaban J connectivity index is 1.59. The predicted molar refractivity (Wildman–Crippen MR) is 118 cm³/mol. The molecule has 3 N–H and O–H groups in total. The van der Waals surface area contributed by atoms with Crippen LogP contribution in [0.3, 0.4) is 0 Å². The van der Waals surface area contributed by atoms with Gasteiger partial charge in [0.15, 0.2) is 5.65 Å². The molecule has 5 rings (SSSR count). The Morgan fingerprint density at radius 1 is 1.20 bits per heavy atom. The molecule has 4 aromatic rings. The summed E-state index contributed by atoms with van der Waals surface area (Å²) >= 11 is 3.61. The summed E-state index contributed by atoms with van der Waals surface area (Å²) in [4.78, 5) is 20.6. The van der Waals surface area contributed by atoms with Gasteiger partial charge in [0.05, 0.1) is 27.8 Å². The molecular weight excluding hydrogens is 446 g/mol. The summed E-state index contributed by atoms with van der Waals surface area (Å²) in [7, 11) is 0. The van der Waals surface area contributed by atoms with E-state index in [9.17, 15) is 9.90 Å². The molecule has 8 heteroatoms. The molecule has 0 saturated heterocycles. The van der Waals surface area contributed by atoms with E-state index in [4.69, 9.17) is 10.7 Å². The molecule has 0 radical (unpaired) electrons. The lowest BCUT2D eigenvalue weighted by Gasteiger charge is -2.26. The van der Waals surface area contributed by atoms with E-state index in [0.717, 1.165) is 45.0 Å². The third kappa shape index (κ3) is 3.11. The molecule has 0 aliphatic heterocycles. The van der Waals surface area contributed by atoms with E-state index in [2.05, 4.69) is 32.1 Å². The Morgan fingerprint density at radius 2 is 2.00 bits per heavy atom. The van der Waals surface area contributed by atoms with Crippen LogP contribution in [0.4, 0.5) is 5.82 Å². The fourth-order valence-electron chi connectivity index (χ4n) is 4.34. The van der Waals surface area contributed by atoms with Crippen LogP contribution in [-0.4, -0.2) is 30.7 Å². The lowest BCUT2D eigenvalue weighted by Crippen LogP contribution is -2.21. The number of hydrogen-bond acceptors (Lipinski definition) is 5. The highest BCUT2D eigenvalue weighted by atomic mass is 79.9. The summed E-state index contributed by atoms with van der Waals surface area (Å²) in [5, 5.41) is 14.8. The number of anilines is 1. The normalized spacial score (nSPS) is 19.4. The summed E-state index contributed by atoms with van der Waals surface area (Å²) in [5.74, 6) is -0.299. The molecule has 1 aliphatic carbocycles. The van der Waals surface area contributed by atoms with Gasteiger partial charge < -0.3 is 10.8 Å². The van der Waals surface area contributed by atoms with Crippen molar-refractivity contribution in [3.63, 3.8) is 0 Å². The van der Waals surface area contributed by atoms with Crippen molar-refractivity contribution in [1.82, 2.24) is 19.6 Å². The van der Waals surface area contributed by atoms with Crippen LogP contribution < -0.4 is 5.73 Å². The minimum Gasteiger partial charge on any atom is -0.481 e. The highest BCUT2D eigenvalue weighted by molar-refractivity contribution is 9.10. The molecule has 0 spiro atoms. The minimum atomic E-state index is -0.709. The predicted octanol–water partition coefficient (Wildman–Crippen LogP) is 4.65. The average Bonchev–Trinajstić information content (AvgIpc) is 3.20. The Kier molecular flexibility index (Phi) is 4.66. The first-order valence-corrected chi connectivity index (χ1v) is 10.7. The van der Waals surface area contributed by atoms with Crippen LogP contribution in [0.15, 0.2) is 47.2 Å². The molecule has 0 bridgehead atoms. The fraction of sp³-hybridized carbons (Fsp3) is 0.273. The lowest BCUT2D eigenvalue weighted by atomic mass is 9.80. The van der Waals surface area contributed by atoms with Crippen molar-refractivity contribution in [3.8, 4) is 11.1 Å². The number of carboxylic acids is 1. The van der Waals surface area contributed by atoms with Gasteiger partial charge in [-0.1, -0.05) is 12.1 Å². The Hall–Kier alpha value is -3.00. The molecule has 7 nitrogen and oxygen atoms in total. The maximum atomic E-state index is 11.3. The fourth-order valence-corrected chi connectivity index (χ4v) is 4.92. The first-order valence-electron chi connectivity index (χ1n) is 9.93. The maximum Gasteiger partial charge on any atom is 0.306 e. The number of pyridine rings is 1. The van der Waals surface area contributed by atoms with Gasteiger partial charge in [-0.3, -0.25) is 9.78 Å². The van der Waals surface area contributed by atoms with Crippen LogP contribution in [0, 0.1) is 5.92 Å². The molecule has 0 unspecified atom stereocenters. The van der Waals surface area contributed by atoms with Crippen molar-refractivity contribution in [3.05, 3.63) is 52.9 Å². The molecular formula is C22H20BrN5O2. The van der Waals surface area contributed by atoms with Gasteiger partial charge in [0, 0.05) is 23.1 Å². The van der Waals surface area contributed by atoms with Gasteiger partial charge in [0.2, 0.25) is 0 Å². The van der Waals surface area contributed by atoms with E-state index >= 15 is 0 Å². The van der Waals surface area contributed by atoms with Gasteiger partial charge in [0.1, 0.15) is 5.82 Å². The average molecular weight is 466 g/mol. The molecule has 3 heterocycles. The van der Waals surface area contributed by atoms with Gasteiger partial charge in [-0.05, 0) is 65.4 Å². The van der Waals surface area contributed by atoms with E-state index in [1.165, 1.54) is 0 Å². The molecule has 1 fully saturated rings. The van der Waals surface area contributed by atoms with Crippen molar-refractivity contribution in [2.75, 3.05) is 5.73 Å². The number of nitrogens with two attached hydrogens (primary N) is 1. The van der Waals surface area contributed by atoms with Crippen LogP contribution in [0.2, 0.25) is 0 Å². The minimum absolute atomic E-state index is 0.172. The second-order valence-corrected chi connectivity index (χ2v) is 8.58. The third-order valence-corrected chi connectivity index (χ3v) is 6.84. The summed E-state index contributed by atoms with van der Waals surface area (Å²) in [6.45, 7) is 0. The van der Waals surface area contributed by atoms with E-state index in [1.54, 1.807) is 16.9 Å². The summed E-state index contributed by atoms with van der Waals surface area (Å²) in [6, 6.07) is 10.0. The van der Waals surface area contributed by atoms with Crippen molar-refractivity contribution in [2.45, 2.75) is 31.6 Å². The summed E-state index contributed by atoms with van der Waals surface area (Å²) < 4.78 is 2.39. The molecule has 1 saturated carbocycles. The maximum absolute atomic E-state index is 11.3. The summed E-state index contributed by atoms with van der Waals surface area (Å²) in [5.41, 5.74) is 10.8. The second-order valence-electron chi connectivity index (χ2n) is 7.79. The van der Waals surface area contributed by atoms with Crippen LogP contribution in [0.1, 0.15) is 37.3 Å². The standard InChI is InChI=1S/C22H20BrN5O2/c23-18-19(12-3-5-13(6-4-12)22(29)30)27-21-16(11-26-28(21)20(18)24)14-7-8-17-15(10-14)2-1-9-25-17/h1-2,7-13H,3-6,24H2,(H,29,30). The zero-order chi connectivity index (χ0) is 20.8. The number of benzene rings is 1. The number of halogens is 1. The van der Waals surface area contributed by atoms with Crippen molar-refractivity contribution >= 4 is 44.3 Å². The molecule has 3 aromatic heterocycles. The number of carbonyl (C=O) groups is 1. The van der Waals surface area contributed by atoms with Gasteiger partial charge in [-0.2, -0.15) is 9.61 Å². The monoisotopic (exact) mass is 465 g/mol. The molecule has 152 valence electrons. The topological polar surface area (TPSA) is 106 Å². The second kappa shape index (κ2) is 7.36. The number of nitrogen functional groups attached to an aromatic ring is 1. The van der Waals surface area contributed by atoms with Crippen LogP contribution >= 0.6 is 15.9 Å². The zero-order valence-corrected chi connectivity index (χ0v) is 17.7. The molecule has 30 heavy (non-hydrogen) atoms. The van der Waals surface area contributed by atoms with Crippen molar-refractivity contribution in [2.24, 2.45) is 5.92 Å². The van der Waals surface area contributed by atoms with Crippen LogP contribution in [0.5, 0.6) is 0 Å². The van der Waals surface area contributed by atoms with Gasteiger partial charge in [0.25, 0.3) is 0 Å². The van der Waals surface area contributed by atoms with E-state index in [1.807, 2.05) is 24.3 Å². The number of aromatic nitrogens is 4. The van der Waals surface area contributed by atoms with E-state index < -0.39 is 5.97 Å². The number of carboxylic acid groups (broad SMARTS) is 1.